The molecule has 3 aliphatic rings. The summed E-state index contributed by atoms with van der Waals surface area (Å²) in [5.41, 5.74) is 2.25. The molecule has 4 heterocycles. The maximum atomic E-state index is 11.9. The Bertz CT molecular complexity index is 914. The first-order valence-electron chi connectivity index (χ1n) is 11.1. The van der Waals surface area contributed by atoms with Gasteiger partial charge in [-0.05, 0) is 54.9 Å². The third-order valence-corrected chi connectivity index (χ3v) is 6.28. The molecule has 2 N–H and O–H groups in total. The van der Waals surface area contributed by atoms with E-state index in [2.05, 4.69) is 49.3 Å². The number of nitrogens with one attached hydrogen (secondary N) is 2. The summed E-state index contributed by atoms with van der Waals surface area (Å²) < 4.78 is 13.8. The Morgan fingerprint density at radius 2 is 2.03 bits per heavy atom. The second-order valence-corrected chi connectivity index (χ2v) is 8.40. The first-order valence-corrected chi connectivity index (χ1v) is 11.1. The molecule has 10 heteroatoms. The van der Waals surface area contributed by atoms with Crippen molar-refractivity contribution < 1.29 is 14.3 Å². The lowest BCUT2D eigenvalue weighted by Gasteiger charge is -2.18. The van der Waals surface area contributed by atoms with E-state index in [0.717, 1.165) is 25.2 Å². The molecule has 2 amide bonds. The van der Waals surface area contributed by atoms with E-state index in [0.29, 0.717) is 25.6 Å². The predicted octanol–water partition coefficient (Wildman–Crippen LogP) is 0.962. The highest BCUT2D eigenvalue weighted by Gasteiger charge is 2.50. The number of amides is 2. The van der Waals surface area contributed by atoms with Crippen molar-refractivity contribution >= 4 is 6.03 Å². The van der Waals surface area contributed by atoms with E-state index in [1.165, 1.54) is 18.4 Å². The monoisotopic (exact) mass is 427 g/mol. The van der Waals surface area contributed by atoms with Crippen LogP contribution in [-0.2, 0) is 16.0 Å². The molecule has 1 aromatic heterocycles. The Morgan fingerprint density at radius 1 is 1.19 bits per heavy atom. The van der Waals surface area contributed by atoms with Gasteiger partial charge in [0.15, 0.2) is 5.82 Å². The lowest BCUT2D eigenvalue weighted by Crippen LogP contribution is -2.48. The molecule has 5 rings (SSSR count). The number of benzene rings is 1. The average molecular weight is 428 g/mol. The second-order valence-electron chi connectivity index (χ2n) is 8.40. The smallest absolute Gasteiger partial charge is 0.315 e. The molecule has 10 nitrogen and oxygen atoms in total. The van der Waals surface area contributed by atoms with Crippen molar-refractivity contribution in [2.24, 2.45) is 0 Å². The Balaban J connectivity index is 1.31. The maximum absolute atomic E-state index is 11.9. The van der Waals surface area contributed by atoms with E-state index < -0.39 is 0 Å². The zero-order valence-electron chi connectivity index (χ0n) is 17.7. The molecule has 166 valence electrons. The Kier molecular flexibility index (Phi) is 5.84. The van der Waals surface area contributed by atoms with Crippen LogP contribution in [0.25, 0.3) is 11.4 Å². The van der Waals surface area contributed by atoms with Crippen LogP contribution < -0.4 is 10.6 Å². The number of fused-ring (bicyclic) bond motifs is 1. The summed E-state index contributed by atoms with van der Waals surface area (Å²) >= 11 is 0. The number of rotatable bonds is 6. The maximum Gasteiger partial charge on any atom is 0.315 e. The number of hydrogen-bond donors (Lipinski definition) is 2. The van der Waals surface area contributed by atoms with Crippen LogP contribution >= 0.6 is 0 Å². The number of carbonyl (C=O) groups excluding carboxylic acids is 1. The number of urea groups is 1. The first-order chi connectivity index (χ1) is 15.2. The zero-order chi connectivity index (χ0) is 21.2. The lowest BCUT2D eigenvalue weighted by molar-refractivity contribution is 0.0624. The molecule has 3 fully saturated rings. The summed E-state index contributed by atoms with van der Waals surface area (Å²) in [6.07, 6.45) is 2.13. The summed E-state index contributed by atoms with van der Waals surface area (Å²) in [4.78, 5) is 14.4. The SMILES string of the molecule is CCNC(=O)N[C@H]1CO[C@H]2[C@@H]1OC[C@@H]2n1nnnc1-c1cccc(CN2CCCC2)c1. The topological polar surface area (TPSA) is 106 Å². The first kappa shape index (κ1) is 20.3. The normalized spacial score (nSPS) is 28.0. The van der Waals surface area contributed by atoms with Crippen molar-refractivity contribution in [3.63, 3.8) is 0 Å². The third kappa shape index (κ3) is 4.15. The van der Waals surface area contributed by atoms with E-state index in [1.807, 2.05) is 17.7 Å². The second kappa shape index (κ2) is 8.89. The fourth-order valence-corrected chi connectivity index (χ4v) is 4.81. The number of hydrogen-bond acceptors (Lipinski definition) is 7. The van der Waals surface area contributed by atoms with Crippen molar-refractivity contribution in [2.75, 3.05) is 32.8 Å². The molecule has 4 atom stereocenters. The number of tetrazole rings is 1. The fourth-order valence-electron chi connectivity index (χ4n) is 4.81. The van der Waals surface area contributed by atoms with Gasteiger partial charge in [-0.2, -0.15) is 0 Å². The number of carbonyl (C=O) groups is 1. The van der Waals surface area contributed by atoms with Crippen LogP contribution in [0.1, 0.15) is 31.4 Å². The molecule has 0 aliphatic carbocycles. The standard InChI is InChI=1S/C21H29N7O3/c1-2-22-21(29)23-16-12-30-19-17(13-31-18(16)19)28-20(24-25-26-28)15-7-5-6-14(10-15)11-27-8-3-4-9-27/h5-7,10,16-19H,2-4,8-9,11-13H2,1H3,(H2,22,23,29)/t16-,17-,18+,19+/m0/s1. The van der Waals surface area contributed by atoms with Crippen LogP contribution in [0.5, 0.6) is 0 Å². The van der Waals surface area contributed by atoms with Gasteiger partial charge in [-0.15, -0.1) is 5.10 Å². The average Bonchev–Trinajstić information content (AvgIpc) is 3.55. The molecule has 0 spiro atoms. The van der Waals surface area contributed by atoms with Gasteiger partial charge < -0.3 is 20.1 Å². The minimum Gasteiger partial charge on any atom is -0.371 e. The molecule has 1 aromatic carbocycles. The van der Waals surface area contributed by atoms with Gasteiger partial charge in [-0.1, -0.05) is 18.2 Å². The Labute approximate surface area is 181 Å². The molecule has 2 aromatic rings. The van der Waals surface area contributed by atoms with Crippen molar-refractivity contribution in [2.45, 2.75) is 50.6 Å². The van der Waals surface area contributed by atoms with Gasteiger partial charge in [-0.25, -0.2) is 9.48 Å². The minimum absolute atomic E-state index is 0.140. The number of nitrogens with zero attached hydrogens (tertiary/aromatic N) is 5. The summed E-state index contributed by atoms with van der Waals surface area (Å²) in [6.45, 7) is 6.57. The molecule has 0 saturated carbocycles. The van der Waals surface area contributed by atoms with Crippen molar-refractivity contribution in [3.05, 3.63) is 29.8 Å². The van der Waals surface area contributed by atoms with E-state index >= 15 is 0 Å². The van der Waals surface area contributed by atoms with E-state index in [4.69, 9.17) is 9.47 Å². The van der Waals surface area contributed by atoms with Crippen LogP contribution in [0.2, 0.25) is 0 Å². The molecule has 0 bridgehead atoms. The highest BCUT2D eigenvalue weighted by molar-refractivity contribution is 5.74. The van der Waals surface area contributed by atoms with Gasteiger partial charge in [-0.3, -0.25) is 4.90 Å². The van der Waals surface area contributed by atoms with Gasteiger partial charge in [0.25, 0.3) is 0 Å². The quantitative estimate of drug-likeness (QED) is 0.707. The van der Waals surface area contributed by atoms with Gasteiger partial charge in [0.2, 0.25) is 0 Å². The molecule has 31 heavy (non-hydrogen) atoms. The summed E-state index contributed by atoms with van der Waals surface area (Å²) in [6, 6.07) is 7.89. The summed E-state index contributed by atoms with van der Waals surface area (Å²) in [5.74, 6) is 0.709. The molecule has 0 radical (unpaired) electrons. The highest BCUT2D eigenvalue weighted by Crippen LogP contribution is 2.35. The zero-order valence-corrected chi connectivity index (χ0v) is 17.7. The van der Waals surface area contributed by atoms with Gasteiger partial charge in [0, 0.05) is 18.7 Å². The fraction of sp³-hybridized carbons (Fsp3) is 0.619. The lowest BCUT2D eigenvalue weighted by atomic mass is 10.1. The van der Waals surface area contributed by atoms with Crippen molar-refractivity contribution in [3.8, 4) is 11.4 Å². The van der Waals surface area contributed by atoms with E-state index in [1.54, 1.807) is 0 Å². The Morgan fingerprint density at radius 3 is 2.87 bits per heavy atom. The Hall–Kier alpha value is -2.56. The van der Waals surface area contributed by atoms with Crippen LogP contribution in [-0.4, -0.2) is 82.2 Å². The largest absolute Gasteiger partial charge is 0.371 e. The van der Waals surface area contributed by atoms with Gasteiger partial charge >= 0.3 is 6.03 Å². The molecular weight excluding hydrogens is 398 g/mol. The van der Waals surface area contributed by atoms with Gasteiger partial charge in [0.05, 0.1) is 19.3 Å². The predicted molar refractivity (Wildman–Crippen MR) is 112 cm³/mol. The number of likely N-dealkylation sites (tertiary alicyclic amines) is 1. The van der Waals surface area contributed by atoms with Gasteiger partial charge in [0.1, 0.15) is 18.2 Å². The molecule has 3 saturated heterocycles. The van der Waals surface area contributed by atoms with Crippen LogP contribution in [0, 0.1) is 0 Å². The van der Waals surface area contributed by atoms with Crippen LogP contribution in [0.15, 0.2) is 24.3 Å². The highest BCUT2D eigenvalue weighted by atomic mass is 16.6. The van der Waals surface area contributed by atoms with Crippen molar-refractivity contribution in [1.29, 1.82) is 0 Å². The van der Waals surface area contributed by atoms with E-state index in [9.17, 15) is 4.79 Å². The summed E-state index contributed by atoms with van der Waals surface area (Å²) in [5, 5.41) is 18.2. The van der Waals surface area contributed by atoms with Crippen molar-refractivity contribution in [1.82, 2.24) is 35.7 Å². The van der Waals surface area contributed by atoms with Crippen LogP contribution in [0.4, 0.5) is 4.79 Å². The third-order valence-electron chi connectivity index (χ3n) is 6.28. The molecular formula is C21H29N7O3. The minimum atomic E-state index is -0.217. The molecule has 3 aliphatic heterocycles. The number of ether oxygens (including phenoxy) is 2. The number of aromatic nitrogens is 4. The summed E-state index contributed by atoms with van der Waals surface area (Å²) in [7, 11) is 0. The van der Waals surface area contributed by atoms with E-state index in [-0.39, 0.29) is 30.3 Å². The molecule has 0 unspecified atom stereocenters. The van der Waals surface area contributed by atoms with Crippen LogP contribution in [0.3, 0.4) is 0 Å².